The van der Waals surface area contributed by atoms with Crippen molar-refractivity contribution in [1.82, 2.24) is 35.5 Å². The van der Waals surface area contributed by atoms with Gasteiger partial charge in [0.05, 0.1) is 36.8 Å². The zero-order valence-corrected chi connectivity index (χ0v) is 26.8. The Morgan fingerprint density at radius 2 is 1.93 bits per heavy atom. The molecule has 0 radical (unpaired) electrons. The van der Waals surface area contributed by atoms with Crippen molar-refractivity contribution in [2.45, 2.75) is 76.4 Å². The summed E-state index contributed by atoms with van der Waals surface area (Å²) in [6.07, 6.45) is 11.4. The molecule has 0 saturated carbocycles. The van der Waals surface area contributed by atoms with Crippen LogP contribution in [0.25, 0.3) is 28.1 Å². The summed E-state index contributed by atoms with van der Waals surface area (Å²) in [6.45, 7) is 5.68. The third kappa shape index (κ3) is 5.82. The largest absolute Gasteiger partial charge is 0.453 e. The van der Waals surface area contributed by atoms with Gasteiger partial charge in [-0.1, -0.05) is 56.7 Å². The second-order valence-electron chi connectivity index (χ2n) is 13.0. The molecule has 2 aliphatic heterocycles. The van der Waals surface area contributed by atoms with Crippen LogP contribution in [-0.2, 0) is 16.0 Å². The zero-order chi connectivity index (χ0) is 31.8. The van der Waals surface area contributed by atoms with Crippen molar-refractivity contribution in [2.24, 2.45) is 5.92 Å². The number of alkyl carbamates (subject to hydrolysis) is 1. The molecule has 5 atom stereocenters. The van der Waals surface area contributed by atoms with Crippen molar-refractivity contribution in [2.75, 3.05) is 20.2 Å². The fourth-order valence-electron chi connectivity index (χ4n) is 7.22. The minimum absolute atomic E-state index is 0.0257. The Hall–Kier alpha value is -4.44. The summed E-state index contributed by atoms with van der Waals surface area (Å²) >= 11 is 0. The highest BCUT2D eigenvalue weighted by molar-refractivity contribution is 5.88. The van der Waals surface area contributed by atoms with Crippen LogP contribution in [-0.4, -0.2) is 63.1 Å². The first-order valence-corrected chi connectivity index (χ1v) is 16.7. The third-order valence-electron chi connectivity index (χ3n) is 10.1. The van der Waals surface area contributed by atoms with Crippen LogP contribution >= 0.6 is 0 Å². The maximum Gasteiger partial charge on any atom is 0.407 e. The molecule has 2 saturated heterocycles. The van der Waals surface area contributed by atoms with Crippen molar-refractivity contribution >= 4 is 28.8 Å². The van der Waals surface area contributed by atoms with E-state index in [0.29, 0.717) is 18.5 Å². The number of aromatic nitrogens is 4. The van der Waals surface area contributed by atoms with Gasteiger partial charge in [-0.25, -0.2) is 14.8 Å². The van der Waals surface area contributed by atoms with Crippen molar-refractivity contribution in [3.8, 4) is 11.3 Å². The van der Waals surface area contributed by atoms with Gasteiger partial charge in [-0.2, -0.15) is 0 Å². The van der Waals surface area contributed by atoms with Crippen molar-refractivity contribution in [1.29, 1.82) is 0 Å². The highest BCUT2D eigenvalue weighted by Crippen LogP contribution is 2.35. The van der Waals surface area contributed by atoms with Crippen LogP contribution in [0, 0.1) is 5.92 Å². The first-order chi connectivity index (χ1) is 22.4. The number of fused-ring (bicyclic) bond motifs is 2. The van der Waals surface area contributed by atoms with Gasteiger partial charge in [-0.05, 0) is 66.6 Å². The smallest absolute Gasteiger partial charge is 0.407 e. The zero-order valence-electron chi connectivity index (χ0n) is 26.8. The van der Waals surface area contributed by atoms with Crippen molar-refractivity contribution in [3.05, 3.63) is 77.3 Å². The maximum absolute atomic E-state index is 13.7. The van der Waals surface area contributed by atoms with E-state index in [-0.39, 0.29) is 17.9 Å². The molecule has 240 valence electrons. The van der Waals surface area contributed by atoms with E-state index in [4.69, 9.17) is 14.7 Å². The van der Waals surface area contributed by atoms with Gasteiger partial charge in [-0.15, -0.1) is 0 Å². The van der Waals surface area contributed by atoms with Gasteiger partial charge in [0.1, 0.15) is 17.7 Å². The summed E-state index contributed by atoms with van der Waals surface area (Å²) in [5.74, 6) is 2.02. The molecule has 3 aliphatic rings. The van der Waals surface area contributed by atoms with Crippen molar-refractivity contribution in [3.63, 3.8) is 0 Å². The van der Waals surface area contributed by atoms with E-state index in [0.717, 1.165) is 72.6 Å². The van der Waals surface area contributed by atoms with Gasteiger partial charge in [0.15, 0.2) is 0 Å². The topological polar surface area (TPSA) is 128 Å². The SMILES string of the molecule is CC[C@H](C)[C@H](NC(=O)OC)C(=O)N1CCC[C@H]1c1ncc(-c2ccc3cc(C4C=Cc5nc([C@@H]6CCCN6)[nH]c5C4)ccc3c2)[nH]1. The molecule has 1 unspecified atom stereocenters. The number of amides is 2. The average molecular weight is 622 g/mol. The number of hydrogen-bond donors (Lipinski definition) is 4. The van der Waals surface area contributed by atoms with E-state index >= 15 is 0 Å². The first kappa shape index (κ1) is 30.2. The lowest BCUT2D eigenvalue weighted by molar-refractivity contribution is -0.135. The highest BCUT2D eigenvalue weighted by Gasteiger charge is 2.38. The van der Waals surface area contributed by atoms with E-state index in [1.54, 1.807) is 0 Å². The Kier molecular flexibility index (Phi) is 8.38. The number of allylic oxidation sites excluding steroid dienone is 1. The predicted molar refractivity (Wildman–Crippen MR) is 178 cm³/mol. The standard InChI is InChI=1S/C36H43N7O3/c1-4-21(2)32(42-36(45)46-3)35(44)43-16-6-8-31(43)34-38-20-30(41-34)26-12-11-22-17-23(9-10-24(22)18-26)25-13-14-27-29(19-25)40-33(39-27)28-7-5-15-37-28/h9-14,17-18,20-21,25,28,31-32,37H,4-8,15-16,19H2,1-3H3,(H,38,41)(H,39,40)(H,42,45)/t21-,25?,28-,31-,32-/m0/s1. The molecule has 10 heteroatoms. The fraction of sp³-hybridized carbons (Fsp3) is 0.444. The molecule has 4 heterocycles. The van der Waals surface area contributed by atoms with Crippen LogP contribution in [0.5, 0.6) is 0 Å². The lowest BCUT2D eigenvalue weighted by atomic mass is 9.88. The van der Waals surface area contributed by atoms with E-state index < -0.39 is 12.1 Å². The second-order valence-corrected chi connectivity index (χ2v) is 13.0. The summed E-state index contributed by atoms with van der Waals surface area (Å²) in [5.41, 5.74) is 5.56. The molecule has 46 heavy (non-hydrogen) atoms. The van der Waals surface area contributed by atoms with E-state index in [1.807, 2.05) is 24.9 Å². The number of carbonyl (C=O) groups is 2. The molecule has 4 N–H and O–H groups in total. The Bertz CT molecular complexity index is 1770. The lowest BCUT2D eigenvalue weighted by Gasteiger charge is -2.30. The van der Waals surface area contributed by atoms with Gasteiger partial charge < -0.3 is 30.2 Å². The Balaban J connectivity index is 1.06. The number of imidazole rings is 2. The number of benzene rings is 2. The van der Waals surface area contributed by atoms with E-state index in [2.05, 4.69) is 69.2 Å². The first-order valence-electron chi connectivity index (χ1n) is 16.7. The Labute approximate surface area is 269 Å². The average Bonchev–Trinajstić information content (AvgIpc) is 3.91. The Morgan fingerprint density at radius 3 is 2.74 bits per heavy atom. The molecule has 2 aromatic heterocycles. The number of likely N-dealkylation sites (tertiary alicyclic amines) is 1. The summed E-state index contributed by atoms with van der Waals surface area (Å²) in [5, 5.41) is 8.67. The number of aromatic amines is 2. The molecule has 1 aliphatic carbocycles. The number of carbonyl (C=O) groups excluding carboxylic acids is 2. The predicted octanol–water partition coefficient (Wildman–Crippen LogP) is 6.16. The molecule has 0 bridgehead atoms. The number of H-pyrrole nitrogens is 2. The van der Waals surface area contributed by atoms with Crippen LogP contribution in [0.3, 0.4) is 0 Å². The van der Waals surface area contributed by atoms with Crippen LogP contribution in [0.15, 0.2) is 48.7 Å². The summed E-state index contributed by atoms with van der Waals surface area (Å²) in [6, 6.07) is 12.8. The minimum atomic E-state index is -0.643. The van der Waals surface area contributed by atoms with Crippen LogP contribution in [0.1, 0.15) is 92.6 Å². The molecular weight excluding hydrogens is 578 g/mol. The lowest BCUT2D eigenvalue weighted by Crippen LogP contribution is -2.51. The van der Waals surface area contributed by atoms with E-state index in [9.17, 15) is 9.59 Å². The second kappa shape index (κ2) is 12.7. The quantitative estimate of drug-likeness (QED) is 0.187. The molecule has 0 spiro atoms. The number of rotatable bonds is 8. The summed E-state index contributed by atoms with van der Waals surface area (Å²) in [4.78, 5) is 44.3. The van der Waals surface area contributed by atoms with Crippen LogP contribution in [0.2, 0.25) is 0 Å². The number of nitrogens with one attached hydrogen (secondary N) is 4. The highest BCUT2D eigenvalue weighted by atomic mass is 16.5. The number of ether oxygens (including phenoxy) is 1. The minimum Gasteiger partial charge on any atom is -0.453 e. The molecule has 2 aromatic carbocycles. The summed E-state index contributed by atoms with van der Waals surface area (Å²) < 4.78 is 4.80. The van der Waals surface area contributed by atoms with Gasteiger partial charge >= 0.3 is 6.09 Å². The van der Waals surface area contributed by atoms with E-state index in [1.165, 1.54) is 30.2 Å². The fourth-order valence-corrected chi connectivity index (χ4v) is 7.22. The molecular formula is C36H43N7O3. The van der Waals surface area contributed by atoms with Crippen LogP contribution < -0.4 is 10.6 Å². The molecule has 2 amide bonds. The third-order valence-corrected chi connectivity index (χ3v) is 10.1. The number of nitrogens with zero attached hydrogens (tertiary/aromatic N) is 3. The molecule has 10 nitrogen and oxygen atoms in total. The van der Waals surface area contributed by atoms with Gasteiger partial charge in [0.2, 0.25) is 5.91 Å². The molecule has 4 aromatic rings. The summed E-state index contributed by atoms with van der Waals surface area (Å²) in [7, 11) is 1.32. The normalized spacial score (nSPS) is 22.2. The molecule has 7 rings (SSSR count). The monoisotopic (exact) mass is 621 g/mol. The van der Waals surface area contributed by atoms with Gasteiger partial charge in [0.25, 0.3) is 0 Å². The van der Waals surface area contributed by atoms with Crippen LogP contribution in [0.4, 0.5) is 4.79 Å². The Morgan fingerprint density at radius 1 is 1.09 bits per heavy atom. The maximum atomic E-state index is 13.7. The number of hydrogen-bond acceptors (Lipinski definition) is 6. The number of methoxy groups -OCH3 is 1. The van der Waals surface area contributed by atoms with Crippen molar-refractivity contribution < 1.29 is 14.3 Å². The van der Waals surface area contributed by atoms with Gasteiger partial charge in [-0.3, -0.25) is 4.79 Å². The molecule has 2 fully saturated rings. The van der Waals surface area contributed by atoms with Gasteiger partial charge in [0, 0.05) is 30.1 Å².